The molecule has 9 heteroatoms. The van der Waals surface area contributed by atoms with Crippen molar-refractivity contribution in [2.45, 2.75) is 20.0 Å². The van der Waals surface area contributed by atoms with Gasteiger partial charge in [0, 0.05) is 34.4 Å². The summed E-state index contributed by atoms with van der Waals surface area (Å²) in [4.78, 5) is 10.3. The van der Waals surface area contributed by atoms with Gasteiger partial charge in [0.1, 0.15) is 11.3 Å². The molecule has 1 aromatic carbocycles. The number of alkyl halides is 3. The molecule has 0 aliphatic heterocycles. The molecule has 0 unspecified atom stereocenters. The number of hydrogen-bond donors (Lipinski definition) is 2. The highest BCUT2D eigenvalue weighted by molar-refractivity contribution is 5.97. The molecular weight excluding hydrogens is 359 g/mol. The zero-order chi connectivity index (χ0) is 19.3. The lowest BCUT2D eigenvalue weighted by Gasteiger charge is -2.11. The summed E-state index contributed by atoms with van der Waals surface area (Å²) in [6.45, 7) is 3.63. The van der Waals surface area contributed by atoms with Crippen molar-refractivity contribution in [3.05, 3.63) is 47.6 Å². The van der Waals surface area contributed by atoms with Crippen LogP contribution in [0.25, 0.3) is 33.3 Å². The van der Waals surface area contributed by atoms with E-state index in [1.54, 1.807) is 13.0 Å². The summed E-state index contributed by atoms with van der Waals surface area (Å²) in [5, 5.41) is 4.52. The van der Waals surface area contributed by atoms with Crippen molar-refractivity contribution in [2.75, 3.05) is 5.73 Å². The molecule has 4 aromatic rings. The molecule has 4 rings (SSSR count). The first-order chi connectivity index (χ1) is 12.8. The minimum Gasteiger partial charge on any atom is -0.368 e. The second-order valence-electron chi connectivity index (χ2n) is 6.15. The van der Waals surface area contributed by atoms with Gasteiger partial charge in [0.25, 0.3) is 0 Å². The third-order valence-corrected chi connectivity index (χ3v) is 4.37. The smallest absolute Gasteiger partial charge is 0.368 e. The van der Waals surface area contributed by atoms with E-state index < -0.39 is 11.7 Å². The molecule has 3 heterocycles. The molecule has 138 valence electrons. The Hall–Kier alpha value is -3.36. The van der Waals surface area contributed by atoms with Gasteiger partial charge in [-0.25, -0.2) is 9.97 Å². The number of aromatic nitrogens is 4. The quantitative estimate of drug-likeness (QED) is 0.540. The van der Waals surface area contributed by atoms with Crippen LogP contribution >= 0.6 is 0 Å². The molecule has 0 radical (unpaired) electrons. The summed E-state index contributed by atoms with van der Waals surface area (Å²) in [7, 11) is 0. The van der Waals surface area contributed by atoms with E-state index >= 15 is 0 Å². The summed E-state index contributed by atoms with van der Waals surface area (Å²) >= 11 is 0. The molecule has 0 saturated heterocycles. The van der Waals surface area contributed by atoms with E-state index in [9.17, 15) is 13.2 Å². The minimum atomic E-state index is -4.59. The predicted molar refractivity (Wildman–Crippen MR) is 93.7 cm³/mol. The fourth-order valence-corrected chi connectivity index (χ4v) is 3.18. The first-order valence-electron chi connectivity index (χ1n) is 8.00. The van der Waals surface area contributed by atoms with Crippen LogP contribution in [0.15, 0.2) is 35.1 Å². The highest BCUT2D eigenvalue weighted by atomic mass is 19.4. The number of nitrogens with two attached hydrogens (primary N) is 1. The zero-order valence-electron chi connectivity index (χ0n) is 14.3. The summed E-state index contributed by atoms with van der Waals surface area (Å²) in [5.41, 5.74) is 7.74. The van der Waals surface area contributed by atoms with Crippen molar-refractivity contribution in [2.24, 2.45) is 0 Å². The standard InChI is InChI=1S/C18H14F3N5O/c1-8-15(9(2)27-26-8)10-3-4-11-12(6-23-14(11)5-10)16-13(18(19,20)21)7-24-17(22)25-16/h3-7,23H,1-2H3,(H2,22,24,25). The van der Waals surface area contributed by atoms with Gasteiger partial charge in [-0.05, 0) is 25.5 Å². The summed E-state index contributed by atoms with van der Waals surface area (Å²) in [6.07, 6.45) is -2.41. The predicted octanol–water partition coefficient (Wildman–Crippen LogP) is 4.50. The summed E-state index contributed by atoms with van der Waals surface area (Å²) in [5.74, 6) is 0.446. The number of fused-ring (bicyclic) bond motifs is 1. The summed E-state index contributed by atoms with van der Waals surface area (Å²) in [6, 6.07) is 5.38. The van der Waals surface area contributed by atoms with Crippen molar-refractivity contribution in [1.82, 2.24) is 20.1 Å². The number of rotatable bonds is 2. The van der Waals surface area contributed by atoms with Crippen molar-refractivity contribution >= 4 is 16.9 Å². The fraction of sp³-hybridized carbons (Fsp3) is 0.167. The Morgan fingerprint density at radius 1 is 1.19 bits per heavy atom. The lowest BCUT2D eigenvalue weighted by atomic mass is 10.0. The number of benzene rings is 1. The minimum absolute atomic E-state index is 0.223. The average Bonchev–Trinajstić information content (AvgIpc) is 3.16. The molecule has 3 aromatic heterocycles. The maximum Gasteiger partial charge on any atom is 0.419 e. The molecule has 27 heavy (non-hydrogen) atoms. The fourth-order valence-electron chi connectivity index (χ4n) is 3.18. The van der Waals surface area contributed by atoms with Crippen LogP contribution < -0.4 is 5.73 Å². The van der Waals surface area contributed by atoms with Gasteiger partial charge in [-0.1, -0.05) is 17.3 Å². The van der Waals surface area contributed by atoms with E-state index in [2.05, 4.69) is 20.1 Å². The van der Waals surface area contributed by atoms with Gasteiger partial charge in [0.2, 0.25) is 5.95 Å². The topological polar surface area (TPSA) is 93.6 Å². The van der Waals surface area contributed by atoms with Crippen molar-refractivity contribution < 1.29 is 17.7 Å². The normalized spacial score (nSPS) is 12.0. The Labute approximate surface area is 151 Å². The third kappa shape index (κ3) is 2.80. The lowest BCUT2D eigenvalue weighted by molar-refractivity contribution is -0.137. The van der Waals surface area contributed by atoms with Gasteiger partial charge >= 0.3 is 6.18 Å². The molecule has 0 atom stereocenters. The second-order valence-corrected chi connectivity index (χ2v) is 6.15. The molecule has 0 saturated carbocycles. The number of nitrogens with zero attached hydrogens (tertiary/aromatic N) is 3. The largest absolute Gasteiger partial charge is 0.419 e. The number of nitrogen functional groups attached to an aromatic ring is 1. The molecule has 0 amide bonds. The van der Waals surface area contributed by atoms with E-state index in [1.165, 1.54) is 6.20 Å². The van der Waals surface area contributed by atoms with Crippen LogP contribution in [-0.2, 0) is 6.18 Å². The number of nitrogens with one attached hydrogen (secondary N) is 1. The van der Waals surface area contributed by atoms with Gasteiger partial charge in [0.15, 0.2) is 0 Å². The Kier molecular flexibility index (Phi) is 3.69. The van der Waals surface area contributed by atoms with Crippen LogP contribution in [0.3, 0.4) is 0 Å². The van der Waals surface area contributed by atoms with Crippen LogP contribution in [0, 0.1) is 13.8 Å². The number of aryl methyl sites for hydroxylation is 2. The number of aromatic amines is 1. The molecule has 0 bridgehead atoms. The highest BCUT2D eigenvalue weighted by Crippen LogP contribution is 2.39. The number of anilines is 1. The third-order valence-electron chi connectivity index (χ3n) is 4.37. The van der Waals surface area contributed by atoms with Crippen LogP contribution in [0.1, 0.15) is 17.0 Å². The maximum atomic E-state index is 13.4. The van der Waals surface area contributed by atoms with Gasteiger partial charge in [-0.15, -0.1) is 0 Å². The molecule has 0 spiro atoms. The van der Waals surface area contributed by atoms with Crippen LogP contribution in [-0.4, -0.2) is 20.1 Å². The van der Waals surface area contributed by atoms with Crippen molar-refractivity contribution in [3.8, 4) is 22.4 Å². The van der Waals surface area contributed by atoms with Gasteiger partial charge in [-0.2, -0.15) is 13.2 Å². The zero-order valence-corrected chi connectivity index (χ0v) is 14.3. The number of halogens is 3. The first-order valence-corrected chi connectivity index (χ1v) is 8.00. The maximum absolute atomic E-state index is 13.4. The molecule has 0 fully saturated rings. The van der Waals surface area contributed by atoms with Gasteiger partial charge in [-0.3, -0.25) is 0 Å². The van der Waals surface area contributed by atoms with Gasteiger partial charge < -0.3 is 15.2 Å². The lowest BCUT2D eigenvalue weighted by Crippen LogP contribution is -2.10. The first kappa shape index (κ1) is 17.1. The summed E-state index contributed by atoms with van der Waals surface area (Å²) < 4.78 is 45.3. The van der Waals surface area contributed by atoms with E-state index in [-0.39, 0.29) is 11.6 Å². The van der Waals surface area contributed by atoms with E-state index in [0.717, 1.165) is 16.8 Å². The van der Waals surface area contributed by atoms with Crippen LogP contribution in [0.5, 0.6) is 0 Å². The van der Waals surface area contributed by atoms with Crippen molar-refractivity contribution in [1.29, 1.82) is 0 Å². The molecule has 6 nitrogen and oxygen atoms in total. The molecule has 3 N–H and O–H groups in total. The second kappa shape index (κ2) is 5.83. The Balaban J connectivity index is 1.90. The molecule has 0 aliphatic carbocycles. The Bertz CT molecular complexity index is 1140. The van der Waals surface area contributed by atoms with E-state index in [0.29, 0.717) is 28.4 Å². The average molecular weight is 373 g/mol. The molecule has 0 aliphatic rings. The van der Waals surface area contributed by atoms with Crippen LogP contribution in [0.4, 0.5) is 19.1 Å². The number of H-pyrrole nitrogens is 1. The van der Waals surface area contributed by atoms with E-state index in [1.807, 2.05) is 19.1 Å². The van der Waals surface area contributed by atoms with Crippen molar-refractivity contribution in [3.63, 3.8) is 0 Å². The Morgan fingerprint density at radius 3 is 2.63 bits per heavy atom. The SMILES string of the molecule is Cc1noc(C)c1-c1ccc2c(-c3nc(N)ncc3C(F)(F)F)c[nH]c2c1. The Morgan fingerprint density at radius 2 is 1.96 bits per heavy atom. The monoisotopic (exact) mass is 373 g/mol. The van der Waals surface area contributed by atoms with Crippen LogP contribution in [0.2, 0.25) is 0 Å². The highest BCUT2D eigenvalue weighted by Gasteiger charge is 2.36. The van der Waals surface area contributed by atoms with E-state index in [4.69, 9.17) is 10.3 Å². The molecular formula is C18H14F3N5O. The number of hydrogen-bond acceptors (Lipinski definition) is 5. The van der Waals surface area contributed by atoms with Gasteiger partial charge in [0.05, 0.1) is 11.4 Å².